The Hall–Kier alpha value is -2.72. The van der Waals surface area contributed by atoms with Crippen molar-refractivity contribution in [2.75, 3.05) is 32.7 Å². The van der Waals surface area contributed by atoms with E-state index in [0.29, 0.717) is 0 Å². The van der Waals surface area contributed by atoms with Crippen molar-refractivity contribution in [3.63, 3.8) is 0 Å². The fraction of sp³-hybridized carbons (Fsp3) is 0.273. The molecule has 0 aliphatic carbocycles. The van der Waals surface area contributed by atoms with Crippen molar-refractivity contribution in [1.82, 2.24) is 14.8 Å². The monoisotopic (exact) mass is 345 g/mol. The molecule has 0 N–H and O–H groups in total. The molecule has 0 saturated carbocycles. The zero-order valence-corrected chi connectivity index (χ0v) is 14.8. The predicted octanol–water partition coefficient (Wildman–Crippen LogP) is 3.24. The Kier molecular flexibility index (Phi) is 4.93. The number of hydrogen-bond acceptors (Lipinski definition) is 3. The molecule has 0 unspecified atom stereocenters. The smallest absolute Gasteiger partial charge is 0.254 e. The number of piperazine rings is 1. The molecule has 2 heterocycles. The van der Waals surface area contributed by atoms with E-state index >= 15 is 0 Å². The Morgan fingerprint density at radius 1 is 0.885 bits per heavy atom. The third-order valence-corrected chi connectivity index (χ3v) is 5.10. The van der Waals surface area contributed by atoms with Gasteiger partial charge in [-0.1, -0.05) is 42.5 Å². The summed E-state index contributed by atoms with van der Waals surface area (Å²) in [6.07, 6.45) is 2.83. The molecule has 0 spiro atoms. The summed E-state index contributed by atoms with van der Waals surface area (Å²) < 4.78 is 0. The SMILES string of the molecule is O=C(c1cccc2ncccc12)N1CCN(CCc2ccccc2)CC1. The first-order valence-corrected chi connectivity index (χ1v) is 9.20. The maximum Gasteiger partial charge on any atom is 0.254 e. The Labute approximate surface area is 154 Å². The topological polar surface area (TPSA) is 36.4 Å². The lowest BCUT2D eigenvalue weighted by atomic mass is 10.1. The van der Waals surface area contributed by atoms with Gasteiger partial charge < -0.3 is 4.90 Å². The van der Waals surface area contributed by atoms with Crippen molar-refractivity contribution in [3.05, 3.63) is 78.0 Å². The number of fused-ring (bicyclic) bond motifs is 1. The third kappa shape index (κ3) is 3.60. The van der Waals surface area contributed by atoms with Crippen LogP contribution >= 0.6 is 0 Å². The van der Waals surface area contributed by atoms with Gasteiger partial charge in [0.1, 0.15) is 0 Å². The van der Waals surface area contributed by atoms with Gasteiger partial charge in [-0.05, 0) is 30.2 Å². The zero-order valence-electron chi connectivity index (χ0n) is 14.8. The van der Waals surface area contributed by atoms with E-state index in [-0.39, 0.29) is 5.91 Å². The predicted molar refractivity (Wildman–Crippen MR) is 104 cm³/mol. The molecule has 0 atom stereocenters. The summed E-state index contributed by atoms with van der Waals surface area (Å²) in [6, 6.07) is 20.2. The van der Waals surface area contributed by atoms with Crippen molar-refractivity contribution in [1.29, 1.82) is 0 Å². The highest BCUT2D eigenvalue weighted by Gasteiger charge is 2.23. The summed E-state index contributed by atoms with van der Waals surface area (Å²) in [5.41, 5.74) is 3.00. The Morgan fingerprint density at radius 2 is 1.69 bits per heavy atom. The van der Waals surface area contributed by atoms with Gasteiger partial charge in [-0.25, -0.2) is 0 Å². The molecule has 4 rings (SSSR count). The highest BCUT2D eigenvalue weighted by Crippen LogP contribution is 2.19. The highest BCUT2D eigenvalue weighted by molar-refractivity contribution is 6.06. The van der Waals surface area contributed by atoms with Crippen LogP contribution in [0, 0.1) is 0 Å². The molecule has 3 aromatic rings. The Bertz CT molecular complexity index is 881. The molecule has 1 fully saturated rings. The number of rotatable bonds is 4. The maximum absolute atomic E-state index is 13.0. The molecule has 1 amide bonds. The molecule has 0 radical (unpaired) electrons. The number of nitrogens with zero attached hydrogens (tertiary/aromatic N) is 3. The van der Waals surface area contributed by atoms with E-state index in [2.05, 4.69) is 40.2 Å². The molecule has 4 nitrogen and oxygen atoms in total. The number of hydrogen-bond donors (Lipinski definition) is 0. The Balaban J connectivity index is 1.37. The highest BCUT2D eigenvalue weighted by atomic mass is 16.2. The molecule has 26 heavy (non-hydrogen) atoms. The van der Waals surface area contributed by atoms with Crippen LogP contribution < -0.4 is 0 Å². The molecular weight excluding hydrogens is 322 g/mol. The third-order valence-electron chi connectivity index (χ3n) is 5.10. The quantitative estimate of drug-likeness (QED) is 0.728. The first kappa shape index (κ1) is 16.7. The molecule has 132 valence electrons. The number of amides is 1. The van der Waals surface area contributed by atoms with Crippen LogP contribution in [0.4, 0.5) is 0 Å². The van der Waals surface area contributed by atoms with Gasteiger partial charge in [-0.15, -0.1) is 0 Å². The van der Waals surface area contributed by atoms with Gasteiger partial charge in [0.25, 0.3) is 5.91 Å². The van der Waals surface area contributed by atoms with Crippen LogP contribution in [0.25, 0.3) is 10.9 Å². The number of carbonyl (C=O) groups excluding carboxylic acids is 1. The lowest BCUT2D eigenvalue weighted by Gasteiger charge is -2.35. The van der Waals surface area contributed by atoms with Gasteiger partial charge in [-0.2, -0.15) is 0 Å². The summed E-state index contributed by atoms with van der Waals surface area (Å²) in [7, 11) is 0. The average Bonchev–Trinajstić information content (AvgIpc) is 2.72. The molecule has 2 aromatic carbocycles. The second-order valence-electron chi connectivity index (χ2n) is 6.75. The standard InChI is InChI=1S/C22H23N3O/c26-22(20-8-4-10-21-19(20)9-5-12-23-21)25-16-14-24(15-17-25)13-11-18-6-2-1-3-7-18/h1-10,12H,11,13-17H2. The van der Waals surface area contributed by atoms with Gasteiger partial charge in [0.15, 0.2) is 0 Å². The largest absolute Gasteiger partial charge is 0.336 e. The fourth-order valence-corrected chi connectivity index (χ4v) is 3.57. The minimum absolute atomic E-state index is 0.117. The maximum atomic E-state index is 13.0. The second-order valence-corrected chi connectivity index (χ2v) is 6.75. The zero-order chi connectivity index (χ0) is 17.8. The number of aromatic nitrogens is 1. The van der Waals surface area contributed by atoms with Gasteiger partial charge >= 0.3 is 0 Å². The summed E-state index contributed by atoms with van der Waals surface area (Å²) in [6.45, 7) is 4.47. The van der Waals surface area contributed by atoms with Crippen LogP contribution in [0.2, 0.25) is 0 Å². The van der Waals surface area contributed by atoms with Crippen molar-refractivity contribution < 1.29 is 4.79 Å². The van der Waals surface area contributed by atoms with Gasteiger partial charge in [0.2, 0.25) is 0 Å². The van der Waals surface area contributed by atoms with Crippen molar-refractivity contribution in [3.8, 4) is 0 Å². The lowest BCUT2D eigenvalue weighted by molar-refractivity contribution is 0.0640. The second kappa shape index (κ2) is 7.67. The summed E-state index contributed by atoms with van der Waals surface area (Å²) in [5.74, 6) is 0.117. The summed E-state index contributed by atoms with van der Waals surface area (Å²) >= 11 is 0. The van der Waals surface area contributed by atoms with Gasteiger partial charge in [-0.3, -0.25) is 14.7 Å². The molecule has 1 saturated heterocycles. The van der Waals surface area contributed by atoms with E-state index in [1.165, 1.54) is 5.56 Å². The molecular formula is C22H23N3O. The molecule has 4 heteroatoms. The van der Waals surface area contributed by atoms with Crippen LogP contribution in [0.1, 0.15) is 15.9 Å². The van der Waals surface area contributed by atoms with Crippen LogP contribution in [0.5, 0.6) is 0 Å². The van der Waals surface area contributed by atoms with Crippen LogP contribution in [0.15, 0.2) is 66.9 Å². The van der Waals surface area contributed by atoms with E-state index < -0.39 is 0 Å². The normalized spacial score (nSPS) is 15.3. The number of benzene rings is 2. The van der Waals surface area contributed by atoms with E-state index in [1.807, 2.05) is 35.2 Å². The minimum Gasteiger partial charge on any atom is -0.336 e. The summed E-state index contributed by atoms with van der Waals surface area (Å²) in [5, 5.41) is 0.937. The molecule has 1 aliphatic heterocycles. The van der Waals surface area contributed by atoms with E-state index in [1.54, 1.807) is 6.20 Å². The lowest BCUT2D eigenvalue weighted by Crippen LogP contribution is -2.49. The fourth-order valence-electron chi connectivity index (χ4n) is 3.57. The van der Waals surface area contributed by atoms with Crippen molar-refractivity contribution in [2.24, 2.45) is 0 Å². The van der Waals surface area contributed by atoms with Crippen LogP contribution in [-0.4, -0.2) is 53.4 Å². The van der Waals surface area contributed by atoms with Crippen molar-refractivity contribution in [2.45, 2.75) is 6.42 Å². The number of carbonyl (C=O) groups is 1. The van der Waals surface area contributed by atoms with Gasteiger partial charge in [0, 0.05) is 49.9 Å². The first-order chi connectivity index (χ1) is 12.8. The molecule has 1 aliphatic rings. The molecule has 1 aromatic heterocycles. The van der Waals surface area contributed by atoms with E-state index in [4.69, 9.17) is 0 Å². The van der Waals surface area contributed by atoms with E-state index in [9.17, 15) is 4.79 Å². The van der Waals surface area contributed by atoms with Crippen LogP contribution in [0.3, 0.4) is 0 Å². The molecule has 0 bridgehead atoms. The first-order valence-electron chi connectivity index (χ1n) is 9.20. The van der Waals surface area contributed by atoms with Crippen LogP contribution in [-0.2, 0) is 6.42 Å². The van der Waals surface area contributed by atoms with Crippen molar-refractivity contribution >= 4 is 16.8 Å². The number of pyridine rings is 1. The van der Waals surface area contributed by atoms with E-state index in [0.717, 1.165) is 55.6 Å². The average molecular weight is 345 g/mol. The van der Waals surface area contributed by atoms with Gasteiger partial charge in [0.05, 0.1) is 5.52 Å². The minimum atomic E-state index is 0.117. The summed E-state index contributed by atoms with van der Waals surface area (Å²) in [4.78, 5) is 21.8. The Morgan fingerprint density at radius 3 is 2.50 bits per heavy atom.